The van der Waals surface area contributed by atoms with Gasteiger partial charge in [0.1, 0.15) is 17.1 Å². The van der Waals surface area contributed by atoms with Crippen LogP contribution in [0.15, 0.2) is 24.3 Å². The zero-order valence-corrected chi connectivity index (χ0v) is 19.3. The van der Waals surface area contributed by atoms with Gasteiger partial charge in [0.25, 0.3) is 0 Å². The SMILES string of the molecule is COc1ccc(Cc2nc3c(N)nc(C)c(C)c3n2CC2(C)COC(C)(C)OC2)cc1. The first-order valence-corrected chi connectivity index (χ1v) is 10.6. The number of imidazole rings is 1. The number of aryl methyl sites for hydroxylation is 2. The van der Waals surface area contributed by atoms with Gasteiger partial charge in [0.05, 0.1) is 25.8 Å². The number of anilines is 1. The van der Waals surface area contributed by atoms with Crippen LogP contribution in [-0.2, 0) is 22.4 Å². The predicted octanol–water partition coefficient (Wildman–Crippen LogP) is 4.02. The van der Waals surface area contributed by atoms with Crippen LogP contribution < -0.4 is 10.5 Å². The fraction of sp³-hybridized carbons (Fsp3) is 0.500. The van der Waals surface area contributed by atoms with Gasteiger partial charge in [-0.05, 0) is 51.0 Å². The van der Waals surface area contributed by atoms with E-state index >= 15 is 0 Å². The van der Waals surface area contributed by atoms with E-state index in [-0.39, 0.29) is 5.41 Å². The average molecular weight is 425 g/mol. The Kier molecular flexibility index (Phi) is 5.43. The van der Waals surface area contributed by atoms with Gasteiger partial charge in [0.2, 0.25) is 0 Å². The summed E-state index contributed by atoms with van der Waals surface area (Å²) in [6.07, 6.45) is 0.680. The van der Waals surface area contributed by atoms with E-state index in [9.17, 15) is 0 Å². The maximum absolute atomic E-state index is 6.29. The molecule has 7 nitrogen and oxygen atoms in total. The fourth-order valence-corrected chi connectivity index (χ4v) is 4.03. The van der Waals surface area contributed by atoms with Crippen molar-refractivity contribution in [1.29, 1.82) is 0 Å². The minimum atomic E-state index is -0.552. The molecule has 3 aromatic rings. The predicted molar refractivity (Wildman–Crippen MR) is 121 cm³/mol. The van der Waals surface area contributed by atoms with E-state index in [1.807, 2.05) is 32.9 Å². The molecule has 1 saturated heterocycles. The van der Waals surface area contributed by atoms with Crippen LogP contribution in [0.5, 0.6) is 5.75 Å². The number of hydrogen-bond acceptors (Lipinski definition) is 6. The fourth-order valence-electron chi connectivity index (χ4n) is 4.03. The molecular weight excluding hydrogens is 392 g/mol. The van der Waals surface area contributed by atoms with E-state index < -0.39 is 5.79 Å². The Hall–Kier alpha value is -2.64. The van der Waals surface area contributed by atoms with Gasteiger partial charge < -0.3 is 24.5 Å². The van der Waals surface area contributed by atoms with Crippen molar-refractivity contribution in [2.75, 3.05) is 26.1 Å². The van der Waals surface area contributed by atoms with Crippen LogP contribution in [0.25, 0.3) is 11.0 Å². The van der Waals surface area contributed by atoms with Crippen molar-refractivity contribution >= 4 is 16.9 Å². The second-order valence-corrected chi connectivity index (χ2v) is 9.33. The highest BCUT2D eigenvalue weighted by Crippen LogP contribution is 2.34. The van der Waals surface area contributed by atoms with Crippen LogP contribution in [0.2, 0.25) is 0 Å². The summed E-state index contributed by atoms with van der Waals surface area (Å²) in [5, 5.41) is 0. The van der Waals surface area contributed by atoms with Crippen molar-refractivity contribution in [1.82, 2.24) is 14.5 Å². The average Bonchev–Trinajstić information content (AvgIpc) is 3.08. The largest absolute Gasteiger partial charge is 0.497 e. The molecule has 1 aromatic carbocycles. The van der Waals surface area contributed by atoms with Crippen LogP contribution in [0.1, 0.15) is 43.4 Å². The second-order valence-electron chi connectivity index (χ2n) is 9.33. The number of rotatable bonds is 5. The van der Waals surface area contributed by atoms with Gasteiger partial charge in [-0.15, -0.1) is 0 Å². The molecule has 0 atom stereocenters. The third-order valence-corrected chi connectivity index (χ3v) is 6.07. The molecule has 2 N–H and O–H groups in total. The Morgan fingerprint density at radius 2 is 1.71 bits per heavy atom. The van der Waals surface area contributed by atoms with Crippen LogP contribution >= 0.6 is 0 Å². The van der Waals surface area contributed by atoms with E-state index in [2.05, 4.69) is 35.5 Å². The summed E-state index contributed by atoms with van der Waals surface area (Å²) in [7, 11) is 1.67. The summed E-state index contributed by atoms with van der Waals surface area (Å²) in [6.45, 7) is 12.1. The topological polar surface area (TPSA) is 84.4 Å². The molecule has 0 saturated carbocycles. The van der Waals surface area contributed by atoms with Gasteiger partial charge >= 0.3 is 0 Å². The van der Waals surface area contributed by atoms with Gasteiger partial charge in [-0.2, -0.15) is 0 Å². The van der Waals surface area contributed by atoms with E-state index in [1.54, 1.807) is 7.11 Å². The minimum absolute atomic E-state index is 0.184. The van der Waals surface area contributed by atoms with Gasteiger partial charge in [0, 0.05) is 24.1 Å². The van der Waals surface area contributed by atoms with Crippen LogP contribution in [0.3, 0.4) is 0 Å². The number of ether oxygens (including phenoxy) is 3. The number of aromatic nitrogens is 3. The first-order chi connectivity index (χ1) is 14.6. The van der Waals surface area contributed by atoms with Crippen molar-refractivity contribution in [3.63, 3.8) is 0 Å². The zero-order valence-electron chi connectivity index (χ0n) is 19.3. The highest BCUT2D eigenvalue weighted by atomic mass is 16.7. The Morgan fingerprint density at radius 3 is 2.32 bits per heavy atom. The maximum Gasteiger partial charge on any atom is 0.162 e. The lowest BCUT2D eigenvalue weighted by Gasteiger charge is -2.41. The standard InChI is InChI=1S/C24H32N4O3/c1-15-16(2)26-22(25)20-21(15)28(12-24(5)13-30-23(3,4)31-14-24)19(27-20)11-17-7-9-18(29-6)10-8-17/h7-10H,11-14H2,1-6H3,(H2,25,26). The Balaban J connectivity index is 1.78. The zero-order chi connectivity index (χ0) is 22.4. The molecule has 0 radical (unpaired) electrons. The number of hydrogen-bond donors (Lipinski definition) is 1. The molecule has 166 valence electrons. The first kappa shape index (κ1) is 21.6. The lowest BCUT2D eigenvalue weighted by atomic mass is 9.91. The first-order valence-electron chi connectivity index (χ1n) is 10.6. The Bertz CT molecular complexity index is 1090. The molecule has 4 rings (SSSR count). The van der Waals surface area contributed by atoms with Crippen LogP contribution in [0, 0.1) is 19.3 Å². The molecule has 1 aliphatic heterocycles. The van der Waals surface area contributed by atoms with Crippen LogP contribution in [0.4, 0.5) is 5.82 Å². The highest BCUT2D eigenvalue weighted by molar-refractivity contribution is 5.88. The van der Waals surface area contributed by atoms with Gasteiger partial charge in [0.15, 0.2) is 11.6 Å². The van der Waals surface area contributed by atoms with Crippen LogP contribution in [-0.4, -0.2) is 40.6 Å². The monoisotopic (exact) mass is 424 g/mol. The molecule has 0 bridgehead atoms. The number of methoxy groups -OCH3 is 1. The molecule has 7 heteroatoms. The summed E-state index contributed by atoms with van der Waals surface area (Å²) in [4.78, 5) is 9.44. The molecule has 2 aromatic heterocycles. The maximum atomic E-state index is 6.29. The Morgan fingerprint density at radius 1 is 1.06 bits per heavy atom. The molecule has 31 heavy (non-hydrogen) atoms. The van der Waals surface area contributed by atoms with Crippen molar-refractivity contribution in [3.8, 4) is 5.75 Å². The normalized spacial score (nSPS) is 17.7. The summed E-state index contributed by atoms with van der Waals surface area (Å²) in [6, 6.07) is 8.08. The molecular formula is C24H32N4O3. The minimum Gasteiger partial charge on any atom is -0.497 e. The van der Waals surface area contributed by atoms with E-state index in [0.717, 1.165) is 46.0 Å². The van der Waals surface area contributed by atoms with Crippen molar-refractivity contribution in [3.05, 3.63) is 46.9 Å². The summed E-state index contributed by atoms with van der Waals surface area (Å²) < 4.78 is 19.6. The van der Waals surface area contributed by atoms with E-state index in [0.29, 0.717) is 25.5 Å². The molecule has 1 aliphatic rings. The number of nitrogens with zero attached hydrogens (tertiary/aromatic N) is 3. The van der Waals surface area contributed by atoms with Crippen molar-refractivity contribution in [2.24, 2.45) is 5.41 Å². The second kappa shape index (κ2) is 7.80. The summed E-state index contributed by atoms with van der Waals surface area (Å²) in [5.41, 5.74) is 11.1. The third kappa shape index (κ3) is 4.25. The lowest BCUT2D eigenvalue weighted by molar-refractivity contribution is -0.284. The lowest BCUT2D eigenvalue weighted by Crippen LogP contribution is -2.47. The molecule has 0 unspecified atom stereocenters. The van der Waals surface area contributed by atoms with E-state index in [1.165, 1.54) is 0 Å². The van der Waals surface area contributed by atoms with Crippen molar-refractivity contribution in [2.45, 2.75) is 53.4 Å². The molecule has 0 aliphatic carbocycles. The quantitative estimate of drug-likeness (QED) is 0.666. The number of nitrogens with two attached hydrogens (primary N) is 1. The number of fused-ring (bicyclic) bond motifs is 1. The van der Waals surface area contributed by atoms with Crippen molar-refractivity contribution < 1.29 is 14.2 Å². The summed E-state index contributed by atoms with van der Waals surface area (Å²) in [5.74, 6) is 1.70. The van der Waals surface area contributed by atoms with Gasteiger partial charge in [-0.3, -0.25) is 0 Å². The molecule has 1 fully saturated rings. The summed E-state index contributed by atoms with van der Waals surface area (Å²) >= 11 is 0. The number of pyridine rings is 1. The number of benzene rings is 1. The number of nitrogen functional groups attached to an aromatic ring is 1. The highest BCUT2D eigenvalue weighted by Gasteiger charge is 2.38. The molecule has 0 spiro atoms. The van der Waals surface area contributed by atoms with Gasteiger partial charge in [-0.25, -0.2) is 9.97 Å². The van der Waals surface area contributed by atoms with Gasteiger partial charge in [-0.1, -0.05) is 19.1 Å². The van der Waals surface area contributed by atoms with E-state index in [4.69, 9.17) is 24.9 Å². The third-order valence-electron chi connectivity index (χ3n) is 6.07. The molecule has 0 amide bonds. The smallest absolute Gasteiger partial charge is 0.162 e. The molecule has 3 heterocycles. The Labute approximate surface area is 183 Å².